The quantitative estimate of drug-likeness (QED) is 0.348. The molecule has 5 rings (SSSR count). The van der Waals surface area contributed by atoms with E-state index in [2.05, 4.69) is 15.1 Å². The summed E-state index contributed by atoms with van der Waals surface area (Å²) in [6.45, 7) is 4.26. The Bertz CT molecular complexity index is 1370. The van der Waals surface area contributed by atoms with E-state index in [0.717, 1.165) is 43.0 Å². The number of amides is 1. The number of carbonyl (C=O) groups excluding carboxylic acids is 1. The molecule has 5 nitrogen and oxygen atoms in total. The van der Waals surface area contributed by atoms with Crippen molar-refractivity contribution in [2.75, 3.05) is 44.2 Å². The fourth-order valence-electron chi connectivity index (χ4n) is 5.53. The smallest absolute Gasteiger partial charge is 0.369 e. The molecule has 1 unspecified atom stereocenters. The van der Waals surface area contributed by atoms with E-state index in [1.54, 1.807) is 18.2 Å². The van der Waals surface area contributed by atoms with Gasteiger partial charge in [0.15, 0.2) is 0 Å². The number of nitrogens with zero attached hydrogens (tertiary/aromatic N) is 3. The first-order valence-corrected chi connectivity index (χ1v) is 13.5. The minimum atomic E-state index is -4.97. The molecule has 0 spiro atoms. The van der Waals surface area contributed by atoms with Gasteiger partial charge < -0.3 is 10.2 Å². The first-order valence-electron chi connectivity index (χ1n) is 13.5. The zero-order chi connectivity index (χ0) is 30.1. The molecule has 12 heteroatoms. The molecule has 1 atom stereocenters. The number of halogens is 7. The van der Waals surface area contributed by atoms with Crippen LogP contribution in [0.1, 0.15) is 33.9 Å². The number of anilines is 1. The Hall–Kier alpha value is -3.64. The van der Waals surface area contributed by atoms with Crippen molar-refractivity contribution in [3.63, 3.8) is 0 Å². The van der Waals surface area contributed by atoms with Gasteiger partial charge in [0, 0.05) is 58.0 Å². The lowest BCUT2D eigenvalue weighted by atomic mass is 10.0. The number of alkyl halides is 6. The summed E-state index contributed by atoms with van der Waals surface area (Å²) >= 11 is 0. The van der Waals surface area contributed by atoms with E-state index in [0.29, 0.717) is 31.8 Å². The summed E-state index contributed by atoms with van der Waals surface area (Å²) in [7, 11) is 0. The standard InChI is InChI=1S/C30H29F7N4O/c31-24-5-7-25(8-6-24)40-12-9-39(10-13-40)11-14-41-19-21-3-1-2-4-26(21)27(41)28(42)38-18-20-15-22(29(32,33)34)17-23(16-20)30(35,36)37/h1-8,15-17,27H,9-14,18-19H2,(H,38,42). The molecule has 1 N–H and O–H groups in total. The molecule has 224 valence electrons. The highest BCUT2D eigenvalue weighted by Gasteiger charge is 2.38. The maximum atomic E-state index is 13.4. The van der Waals surface area contributed by atoms with Gasteiger partial charge in [0.1, 0.15) is 11.9 Å². The number of fused-ring (bicyclic) bond motifs is 1. The highest BCUT2D eigenvalue weighted by atomic mass is 19.4. The van der Waals surface area contributed by atoms with Crippen LogP contribution in [-0.4, -0.2) is 55.0 Å². The third kappa shape index (κ3) is 6.87. The Balaban J connectivity index is 1.24. The van der Waals surface area contributed by atoms with E-state index in [1.165, 1.54) is 12.1 Å². The first kappa shape index (κ1) is 29.8. The number of hydrogen-bond acceptors (Lipinski definition) is 4. The number of benzene rings is 3. The molecule has 1 fully saturated rings. The SMILES string of the molecule is O=C(NCc1cc(C(F)(F)F)cc(C(F)(F)F)c1)C1c2ccccc2CN1CCN1CCN(c2ccc(F)cc2)CC1. The summed E-state index contributed by atoms with van der Waals surface area (Å²) in [4.78, 5) is 19.8. The molecule has 1 amide bonds. The van der Waals surface area contributed by atoms with Gasteiger partial charge in [0.25, 0.3) is 0 Å². The van der Waals surface area contributed by atoms with Crippen LogP contribution in [0.5, 0.6) is 0 Å². The maximum absolute atomic E-state index is 13.4. The van der Waals surface area contributed by atoms with Crippen molar-refractivity contribution < 1.29 is 35.5 Å². The lowest BCUT2D eigenvalue weighted by molar-refractivity contribution is -0.143. The van der Waals surface area contributed by atoms with Gasteiger partial charge in [0.05, 0.1) is 11.1 Å². The summed E-state index contributed by atoms with van der Waals surface area (Å²) in [5.74, 6) is -0.782. The van der Waals surface area contributed by atoms with Crippen LogP contribution in [0.15, 0.2) is 66.7 Å². The van der Waals surface area contributed by atoms with Crippen molar-refractivity contribution in [1.82, 2.24) is 15.1 Å². The van der Waals surface area contributed by atoms with Crippen LogP contribution in [0.25, 0.3) is 0 Å². The Kier molecular flexibility index (Phi) is 8.47. The summed E-state index contributed by atoms with van der Waals surface area (Å²) in [6, 6.07) is 14.3. The second-order valence-electron chi connectivity index (χ2n) is 10.5. The lowest BCUT2D eigenvalue weighted by Gasteiger charge is -2.37. The molecule has 2 aliphatic rings. The van der Waals surface area contributed by atoms with Crippen molar-refractivity contribution >= 4 is 11.6 Å². The molecule has 0 aliphatic carbocycles. The zero-order valence-electron chi connectivity index (χ0n) is 22.5. The minimum Gasteiger partial charge on any atom is -0.369 e. The topological polar surface area (TPSA) is 38.8 Å². The molecule has 3 aromatic carbocycles. The molecule has 1 saturated heterocycles. The summed E-state index contributed by atoms with van der Waals surface area (Å²) in [6.07, 6.45) is -9.93. The molecular formula is C30H29F7N4O. The number of piperazine rings is 1. The van der Waals surface area contributed by atoms with Crippen LogP contribution in [0, 0.1) is 5.82 Å². The van der Waals surface area contributed by atoms with E-state index >= 15 is 0 Å². The average Bonchev–Trinajstić information content (AvgIpc) is 3.33. The van der Waals surface area contributed by atoms with Crippen molar-refractivity contribution in [3.05, 3.63) is 100 Å². The summed E-state index contributed by atoms with van der Waals surface area (Å²) in [5, 5.41) is 2.57. The molecule has 2 heterocycles. The van der Waals surface area contributed by atoms with E-state index < -0.39 is 42.0 Å². The van der Waals surface area contributed by atoms with E-state index in [1.807, 2.05) is 23.1 Å². The van der Waals surface area contributed by atoms with Gasteiger partial charge >= 0.3 is 12.4 Å². The predicted molar refractivity (Wildman–Crippen MR) is 143 cm³/mol. The van der Waals surface area contributed by atoms with E-state index in [4.69, 9.17) is 0 Å². The van der Waals surface area contributed by atoms with E-state index in [9.17, 15) is 35.5 Å². The molecule has 0 aromatic heterocycles. The van der Waals surface area contributed by atoms with Gasteiger partial charge in [-0.05, 0) is 59.2 Å². The fraction of sp³-hybridized carbons (Fsp3) is 0.367. The van der Waals surface area contributed by atoms with Crippen molar-refractivity contribution in [2.24, 2.45) is 0 Å². The Morgan fingerprint density at radius 2 is 1.43 bits per heavy atom. The molecule has 0 saturated carbocycles. The Morgan fingerprint density at radius 3 is 2.05 bits per heavy atom. The second-order valence-corrected chi connectivity index (χ2v) is 10.5. The van der Waals surface area contributed by atoms with Gasteiger partial charge in [-0.2, -0.15) is 26.3 Å². The maximum Gasteiger partial charge on any atom is 0.416 e. The van der Waals surface area contributed by atoms with Crippen LogP contribution >= 0.6 is 0 Å². The molecule has 0 bridgehead atoms. The van der Waals surface area contributed by atoms with Gasteiger partial charge in [-0.1, -0.05) is 24.3 Å². The van der Waals surface area contributed by atoms with Crippen molar-refractivity contribution in [2.45, 2.75) is 31.5 Å². The lowest BCUT2D eigenvalue weighted by Crippen LogP contribution is -2.49. The third-order valence-electron chi connectivity index (χ3n) is 7.72. The summed E-state index contributed by atoms with van der Waals surface area (Å²) < 4.78 is 92.9. The van der Waals surface area contributed by atoms with Crippen LogP contribution in [0.4, 0.5) is 36.4 Å². The largest absolute Gasteiger partial charge is 0.416 e. The van der Waals surface area contributed by atoms with Crippen LogP contribution in [0.2, 0.25) is 0 Å². The normalized spacial score (nSPS) is 18.3. The first-order chi connectivity index (χ1) is 19.9. The predicted octanol–water partition coefficient (Wildman–Crippen LogP) is 5.86. The van der Waals surface area contributed by atoms with Gasteiger partial charge in [-0.3, -0.25) is 14.6 Å². The number of hydrogen-bond donors (Lipinski definition) is 1. The second kappa shape index (κ2) is 11.9. The molecule has 3 aromatic rings. The van der Waals surface area contributed by atoms with Crippen molar-refractivity contribution in [1.29, 1.82) is 0 Å². The third-order valence-corrected chi connectivity index (χ3v) is 7.72. The fourth-order valence-corrected chi connectivity index (χ4v) is 5.53. The van der Waals surface area contributed by atoms with Gasteiger partial charge in [0.2, 0.25) is 5.91 Å². The zero-order valence-corrected chi connectivity index (χ0v) is 22.5. The Morgan fingerprint density at radius 1 is 0.810 bits per heavy atom. The molecule has 42 heavy (non-hydrogen) atoms. The Labute approximate surface area is 238 Å². The van der Waals surface area contributed by atoms with Crippen molar-refractivity contribution in [3.8, 4) is 0 Å². The highest BCUT2D eigenvalue weighted by Crippen LogP contribution is 2.37. The molecule has 0 radical (unpaired) electrons. The highest BCUT2D eigenvalue weighted by molar-refractivity contribution is 5.84. The minimum absolute atomic E-state index is 0.0692. The average molecular weight is 595 g/mol. The molecular weight excluding hydrogens is 565 g/mol. The monoisotopic (exact) mass is 594 g/mol. The summed E-state index contributed by atoms with van der Waals surface area (Å²) in [5.41, 5.74) is -0.482. The van der Waals surface area contributed by atoms with Gasteiger partial charge in [-0.15, -0.1) is 0 Å². The number of carbonyl (C=O) groups is 1. The number of rotatable bonds is 7. The van der Waals surface area contributed by atoms with Crippen LogP contribution < -0.4 is 10.2 Å². The number of nitrogens with one attached hydrogen (secondary N) is 1. The van der Waals surface area contributed by atoms with Crippen LogP contribution in [0.3, 0.4) is 0 Å². The van der Waals surface area contributed by atoms with E-state index in [-0.39, 0.29) is 17.4 Å². The molecule has 2 aliphatic heterocycles. The van der Waals surface area contributed by atoms with Crippen LogP contribution in [-0.2, 0) is 30.2 Å². The van der Waals surface area contributed by atoms with Gasteiger partial charge in [-0.25, -0.2) is 4.39 Å².